The van der Waals surface area contributed by atoms with E-state index in [0.29, 0.717) is 61.5 Å². The third-order valence-electron chi connectivity index (χ3n) is 11.9. The topological polar surface area (TPSA) is 142 Å². The molecule has 0 radical (unpaired) electrons. The second kappa shape index (κ2) is 17.3. The summed E-state index contributed by atoms with van der Waals surface area (Å²) in [4.78, 5) is 26.1. The Balaban J connectivity index is 1.28. The van der Waals surface area contributed by atoms with Crippen molar-refractivity contribution in [3.8, 4) is 0 Å². The zero-order valence-electron chi connectivity index (χ0n) is 32.6. The Hall–Kier alpha value is -3.16. The van der Waals surface area contributed by atoms with Crippen molar-refractivity contribution >= 4 is 17.6 Å². The molecule has 0 saturated carbocycles. The highest BCUT2D eigenvalue weighted by Crippen LogP contribution is 2.47. The predicted octanol–water partition coefficient (Wildman–Crippen LogP) is 5.75. The van der Waals surface area contributed by atoms with Crippen molar-refractivity contribution in [3.63, 3.8) is 0 Å². The molecule has 1 aliphatic carbocycles. The Morgan fingerprint density at radius 2 is 1.87 bits per heavy atom. The number of hydrogen-bond acceptors (Lipinski definition) is 10. The normalized spacial score (nSPS) is 39.7. The molecular formula is C43H59NO10. The minimum absolute atomic E-state index is 0.00239. The number of amides is 1. The van der Waals surface area contributed by atoms with E-state index in [2.05, 4.69) is 39.1 Å². The summed E-state index contributed by atoms with van der Waals surface area (Å²) in [5, 5.41) is 26.2. The molecule has 11 nitrogen and oxygen atoms in total. The lowest BCUT2D eigenvalue weighted by molar-refractivity contribution is -0.335. The van der Waals surface area contributed by atoms with E-state index >= 15 is 0 Å². The summed E-state index contributed by atoms with van der Waals surface area (Å²) in [5.41, 5.74) is 2.14. The maximum absolute atomic E-state index is 14.2. The fraction of sp³-hybridized carbons (Fsp3) is 0.628. The van der Waals surface area contributed by atoms with Crippen LogP contribution in [0.15, 0.2) is 71.4 Å². The molecule has 4 aliphatic heterocycles. The number of aliphatic hydroxyl groups is 2. The lowest BCUT2D eigenvalue weighted by Gasteiger charge is -2.50. The lowest BCUT2D eigenvalue weighted by Crippen LogP contribution is -2.58. The number of ether oxygens (including phenoxy) is 6. The molecule has 5 aliphatic rings. The van der Waals surface area contributed by atoms with Gasteiger partial charge < -0.3 is 44.0 Å². The van der Waals surface area contributed by atoms with Crippen LogP contribution in [-0.2, 0) is 44.4 Å². The molecule has 0 aromatic heterocycles. The molecule has 1 aromatic rings. The fourth-order valence-electron chi connectivity index (χ4n) is 8.84. The molecule has 1 spiro atoms. The third-order valence-corrected chi connectivity index (χ3v) is 11.9. The Bertz CT molecular complexity index is 1620. The van der Waals surface area contributed by atoms with Crippen molar-refractivity contribution in [2.24, 2.45) is 17.8 Å². The number of nitrogens with one attached hydrogen (secondary N) is 1. The Labute approximate surface area is 319 Å². The molecule has 1 aromatic carbocycles. The average Bonchev–Trinajstić information content (AvgIpc) is 3.48. The maximum atomic E-state index is 14.2. The molecule has 6 rings (SSSR count). The van der Waals surface area contributed by atoms with Crippen molar-refractivity contribution in [3.05, 3.63) is 76.9 Å². The van der Waals surface area contributed by atoms with Crippen LogP contribution in [-0.4, -0.2) is 97.0 Å². The van der Waals surface area contributed by atoms with Crippen LogP contribution in [0, 0.1) is 17.8 Å². The summed E-state index contributed by atoms with van der Waals surface area (Å²) >= 11 is 0. The van der Waals surface area contributed by atoms with Crippen LogP contribution in [0.1, 0.15) is 78.7 Å². The molecule has 4 heterocycles. The third kappa shape index (κ3) is 8.78. The van der Waals surface area contributed by atoms with Crippen molar-refractivity contribution in [1.82, 2.24) is 0 Å². The number of rotatable bonds is 8. The van der Waals surface area contributed by atoms with Crippen LogP contribution in [0.5, 0.6) is 0 Å². The highest BCUT2D eigenvalue weighted by Gasteiger charge is 2.60. The van der Waals surface area contributed by atoms with Crippen LogP contribution >= 0.6 is 0 Å². The van der Waals surface area contributed by atoms with E-state index in [4.69, 9.17) is 28.4 Å². The van der Waals surface area contributed by atoms with Crippen LogP contribution in [0.2, 0.25) is 0 Å². The van der Waals surface area contributed by atoms with E-state index < -0.39 is 41.6 Å². The summed E-state index contributed by atoms with van der Waals surface area (Å²) in [7, 11) is 1.49. The minimum Gasteiger partial charge on any atom is -0.462 e. The monoisotopic (exact) mass is 749 g/mol. The minimum atomic E-state index is -1.78. The summed E-state index contributed by atoms with van der Waals surface area (Å²) in [5.74, 6) is -2.35. The van der Waals surface area contributed by atoms with Crippen molar-refractivity contribution in [1.29, 1.82) is 0 Å². The van der Waals surface area contributed by atoms with Gasteiger partial charge in [0.2, 0.25) is 5.91 Å². The summed E-state index contributed by atoms with van der Waals surface area (Å²) in [6, 6.07) is 7.71. The molecule has 11 atom stereocenters. The lowest BCUT2D eigenvalue weighted by atomic mass is 9.71. The van der Waals surface area contributed by atoms with E-state index in [1.54, 1.807) is 19.1 Å². The van der Waals surface area contributed by atoms with Gasteiger partial charge in [0.1, 0.15) is 36.4 Å². The van der Waals surface area contributed by atoms with Gasteiger partial charge in [-0.2, -0.15) is 0 Å². The number of carbonyl (C=O) groups excluding carboxylic acids is 2. The number of aliphatic hydroxyl groups excluding tert-OH is 1. The van der Waals surface area contributed by atoms with E-state index in [-0.39, 0.29) is 43.4 Å². The molecule has 2 bridgehead atoms. The molecule has 3 saturated heterocycles. The average molecular weight is 750 g/mol. The summed E-state index contributed by atoms with van der Waals surface area (Å²) in [6.45, 7) is 10.8. The van der Waals surface area contributed by atoms with Crippen molar-refractivity contribution in [2.45, 2.75) is 128 Å². The van der Waals surface area contributed by atoms with E-state index in [9.17, 15) is 19.8 Å². The SMILES string of the molecule is CC[C@H]1O[C@]2(CC[C@@H]1C)C[C@@H]1C[C@@H](C/C=C(\C)[C@H](OCCc3ccc(NC(=O)COC)cc3)[C@@H](C)/C=C/C=C3\CO[C@H]4[C@H](O)C(C)=C[C@@H](C(=O)O1)[C@]34O)O2. The zero-order chi connectivity index (χ0) is 38.6. The Morgan fingerprint density at radius 1 is 1.09 bits per heavy atom. The first kappa shape index (κ1) is 40.5. The number of carbonyl (C=O) groups is 2. The fourth-order valence-corrected chi connectivity index (χ4v) is 8.84. The second-order valence-electron chi connectivity index (χ2n) is 16.0. The van der Waals surface area contributed by atoms with Gasteiger partial charge in [-0.05, 0) is 79.9 Å². The Kier molecular flexibility index (Phi) is 13.0. The largest absolute Gasteiger partial charge is 0.462 e. The molecule has 3 N–H and O–H groups in total. The Morgan fingerprint density at radius 3 is 2.61 bits per heavy atom. The number of benzene rings is 1. The van der Waals surface area contributed by atoms with E-state index in [1.165, 1.54) is 7.11 Å². The van der Waals surface area contributed by atoms with Gasteiger partial charge in [0.25, 0.3) is 0 Å². The second-order valence-corrected chi connectivity index (χ2v) is 16.0. The highest BCUT2D eigenvalue weighted by atomic mass is 16.7. The molecular weight excluding hydrogens is 690 g/mol. The number of allylic oxidation sites excluding steroid dienone is 2. The standard InChI is InChI=1S/C43H59NO10/c1-7-36-26(2)17-19-42(54-36)23-34-22-33(53-42)16-11-28(4)39(50-20-18-30-12-14-32(15-13-30)44-37(45)25-49-6)27(3)9-8-10-31-24-51-40-38(46)29(5)21-35(41(47)52-34)43(31,40)48/h8-15,21,26-27,33-36,38-40,46,48H,7,16-20,22-25H2,1-6H3,(H,44,45)/b9-8+,28-11+,31-10+/t26-,27-,33+,34-,35-,36+,38+,39+,40-,42+,43+/m0/s1. The van der Waals surface area contributed by atoms with Crippen LogP contribution in [0.25, 0.3) is 0 Å². The molecule has 3 fully saturated rings. The molecule has 1 amide bonds. The highest BCUT2D eigenvalue weighted by molar-refractivity contribution is 5.91. The van der Waals surface area contributed by atoms with Gasteiger partial charge in [0.05, 0.1) is 31.5 Å². The number of hydrogen-bond donors (Lipinski definition) is 3. The summed E-state index contributed by atoms with van der Waals surface area (Å²) < 4.78 is 37.4. The number of esters is 1. The van der Waals surface area contributed by atoms with Gasteiger partial charge in [0.15, 0.2) is 5.79 Å². The van der Waals surface area contributed by atoms with Gasteiger partial charge in [-0.3, -0.25) is 9.59 Å². The molecule has 11 heteroatoms. The first-order valence-corrected chi connectivity index (χ1v) is 19.7. The smallest absolute Gasteiger partial charge is 0.316 e. The van der Waals surface area contributed by atoms with Gasteiger partial charge >= 0.3 is 5.97 Å². The molecule has 54 heavy (non-hydrogen) atoms. The number of anilines is 1. The van der Waals surface area contributed by atoms with E-state index in [1.807, 2.05) is 36.4 Å². The van der Waals surface area contributed by atoms with Gasteiger partial charge in [-0.1, -0.05) is 63.3 Å². The van der Waals surface area contributed by atoms with Gasteiger partial charge in [0, 0.05) is 38.0 Å². The zero-order valence-corrected chi connectivity index (χ0v) is 32.6. The van der Waals surface area contributed by atoms with Crippen LogP contribution < -0.4 is 5.32 Å². The number of methoxy groups -OCH3 is 1. The van der Waals surface area contributed by atoms with Crippen LogP contribution in [0.3, 0.4) is 0 Å². The van der Waals surface area contributed by atoms with Gasteiger partial charge in [-0.25, -0.2) is 0 Å². The summed E-state index contributed by atoms with van der Waals surface area (Å²) in [6.07, 6.45) is 11.1. The molecule has 296 valence electrons. The first-order chi connectivity index (χ1) is 25.9. The first-order valence-electron chi connectivity index (χ1n) is 19.7. The maximum Gasteiger partial charge on any atom is 0.316 e. The van der Waals surface area contributed by atoms with Crippen LogP contribution in [0.4, 0.5) is 5.69 Å². The van der Waals surface area contributed by atoms with Crippen molar-refractivity contribution < 1.29 is 48.2 Å². The predicted molar refractivity (Wildman–Crippen MR) is 203 cm³/mol. The molecule has 0 unspecified atom stereocenters. The number of fused-ring (bicyclic) bond motifs is 2. The quantitative estimate of drug-likeness (QED) is 0.222. The van der Waals surface area contributed by atoms with Gasteiger partial charge in [-0.15, -0.1) is 0 Å². The van der Waals surface area contributed by atoms with E-state index in [0.717, 1.165) is 24.0 Å². The van der Waals surface area contributed by atoms with Crippen molar-refractivity contribution in [2.75, 3.05) is 32.2 Å².